The summed E-state index contributed by atoms with van der Waals surface area (Å²) in [6.07, 6.45) is 0.433. The van der Waals surface area contributed by atoms with Gasteiger partial charge in [0.05, 0.1) is 6.61 Å². The Morgan fingerprint density at radius 3 is 1.95 bits per heavy atom. The maximum Gasteiger partial charge on any atom is 0.334 e. The minimum absolute atomic E-state index is 0.212. The van der Waals surface area contributed by atoms with Crippen molar-refractivity contribution in [1.29, 1.82) is 0 Å². The number of aliphatic hydroxyl groups excluding tert-OH is 1. The van der Waals surface area contributed by atoms with Gasteiger partial charge in [0.2, 0.25) is 0 Å². The van der Waals surface area contributed by atoms with Crippen molar-refractivity contribution < 1.29 is 29.0 Å². The van der Waals surface area contributed by atoms with Crippen LogP contribution in [0.4, 0.5) is 0 Å². The van der Waals surface area contributed by atoms with Gasteiger partial charge in [-0.2, -0.15) is 0 Å². The van der Waals surface area contributed by atoms with Gasteiger partial charge in [0, 0.05) is 0 Å². The van der Waals surface area contributed by atoms with Gasteiger partial charge in [0.25, 0.3) is 0 Å². The van der Waals surface area contributed by atoms with E-state index in [4.69, 9.17) is 27.0 Å². The molecule has 0 aromatic rings. The Labute approximate surface area is 122 Å². The van der Waals surface area contributed by atoms with E-state index in [1.165, 1.54) is 0 Å². The third-order valence-corrected chi connectivity index (χ3v) is 2.44. The first-order valence-electron chi connectivity index (χ1n) is 6.48. The largest absolute Gasteiger partial charge is 0.462 e. The summed E-state index contributed by atoms with van der Waals surface area (Å²) in [5.41, 5.74) is 16.2. The van der Waals surface area contributed by atoms with Gasteiger partial charge in [-0.15, -0.1) is 0 Å². The Bertz CT molecular complexity index is 374. The molecule has 0 spiro atoms. The van der Waals surface area contributed by atoms with Crippen molar-refractivity contribution in [2.75, 3.05) is 13.2 Å². The molecule has 7 N–H and O–H groups in total. The Balaban J connectivity index is 4.19. The Morgan fingerprint density at radius 2 is 1.48 bits per heavy atom. The maximum absolute atomic E-state index is 11.5. The summed E-state index contributed by atoms with van der Waals surface area (Å²) in [6, 6.07) is -3.48. The third-order valence-electron chi connectivity index (χ3n) is 2.44. The SMILES string of the molecule is CC(C)C[C@H](N)C(=O)OC[C@H](N)C(=O)OC(=O)[C@@H](N)CO. The van der Waals surface area contributed by atoms with Gasteiger partial charge >= 0.3 is 17.9 Å². The van der Waals surface area contributed by atoms with Gasteiger partial charge in [-0.25, -0.2) is 9.59 Å². The molecule has 0 rings (SSSR count). The average Bonchev–Trinajstić information content (AvgIpc) is 2.42. The lowest BCUT2D eigenvalue weighted by atomic mass is 10.1. The molecule has 0 saturated carbocycles. The van der Waals surface area contributed by atoms with Gasteiger partial charge in [-0.05, 0) is 12.3 Å². The van der Waals surface area contributed by atoms with Crippen molar-refractivity contribution in [2.45, 2.75) is 38.4 Å². The monoisotopic (exact) mass is 305 g/mol. The summed E-state index contributed by atoms with van der Waals surface area (Å²) in [4.78, 5) is 34.1. The minimum atomic E-state index is -1.34. The van der Waals surface area contributed by atoms with Crippen LogP contribution in [0.5, 0.6) is 0 Å². The van der Waals surface area contributed by atoms with E-state index in [0.29, 0.717) is 6.42 Å². The number of rotatable bonds is 8. The topological polar surface area (TPSA) is 168 Å². The molecule has 0 fully saturated rings. The highest BCUT2D eigenvalue weighted by Gasteiger charge is 2.25. The highest BCUT2D eigenvalue weighted by molar-refractivity contribution is 5.91. The maximum atomic E-state index is 11.5. The summed E-state index contributed by atoms with van der Waals surface area (Å²) in [5, 5.41) is 8.61. The number of carbonyl (C=O) groups is 3. The molecule has 9 heteroatoms. The van der Waals surface area contributed by atoms with Crippen LogP contribution in [-0.4, -0.2) is 54.4 Å². The summed E-state index contributed by atoms with van der Waals surface area (Å²) >= 11 is 0. The van der Waals surface area contributed by atoms with Gasteiger partial charge in [-0.3, -0.25) is 4.79 Å². The molecule has 0 aliphatic heterocycles. The first-order chi connectivity index (χ1) is 9.68. The summed E-state index contributed by atoms with van der Waals surface area (Å²) in [5.74, 6) is -2.69. The van der Waals surface area contributed by atoms with E-state index < -0.39 is 49.2 Å². The fourth-order valence-electron chi connectivity index (χ4n) is 1.28. The van der Waals surface area contributed by atoms with Crippen LogP contribution in [0.15, 0.2) is 0 Å². The summed E-state index contributed by atoms with van der Waals surface area (Å²) in [7, 11) is 0. The van der Waals surface area contributed by atoms with Crippen LogP contribution < -0.4 is 17.2 Å². The number of ether oxygens (including phenoxy) is 2. The molecule has 0 saturated heterocycles. The van der Waals surface area contributed by atoms with Crippen LogP contribution in [0.1, 0.15) is 20.3 Å². The fourth-order valence-corrected chi connectivity index (χ4v) is 1.28. The van der Waals surface area contributed by atoms with E-state index in [-0.39, 0.29) is 5.92 Å². The number of carbonyl (C=O) groups excluding carboxylic acids is 3. The van der Waals surface area contributed by atoms with Gasteiger partial charge in [0.15, 0.2) is 0 Å². The molecule has 0 aliphatic carbocycles. The molecule has 0 radical (unpaired) electrons. The lowest BCUT2D eigenvalue weighted by molar-refractivity contribution is -0.163. The molecule has 3 atom stereocenters. The zero-order valence-corrected chi connectivity index (χ0v) is 12.2. The van der Waals surface area contributed by atoms with Crippen molar-refractivity contribution in [3.05, 3.63) is 0 Å². The quantitative estimate of drug-likeness (QED) is 0.282. The van der Waals surface area contributed by atoms with Crippen LogP contribution in [0, 0.1) is 5.92 Å². The van der Waals surface area contributed by atoms with Crippen molar-refractivity contribution >= 4 is 17.9 Å². The molecule has 21 heavy (non-hydrogen) atoms. The standard InChI is InChI=1S/C12H23N3O6/c1-6(2)3-7(13)10(17)20-5-9(15)12(19)21-11(18)8(14)4-16/h6-9,16H,3-5,13-15H2,1-2H3/t7-,8-,9-/m0/s1. The molecule has 0 heterocycles. The molecule has 9 nitrogen and oxygen atoms in total. The van der Waals surface area contributed by atoms with E-state index in [9.17, 15) is 14.4 Å². The number of hydrogen-bond donors (Lipinski definition) is 4. The lowest BCUT2D eigenvalue weighted by Gasteiger charge is -2.16. The first kappa shape index (κ1) is 19.4. The number of aliphatic hydroxyl groups is 1. The minimum Gasteiger partial charge on any atom is -0.462 e. The Morgan fingerprint density at radius 1 is 0.952 bits per heavy atom. The second-order valence-corrected chi connectivity index (χ2v) is 5.00. The van der Waals surface area contributed by atoms with E-state index >= 15 is 0 Å². The predicted octanol–water partition coefficient (Wildman–Crippen LogP) is -2.38. The number of esters is 3. The highest BCUT2D eigenvalue weighted by Crippen LogP contribution is 2.04. The highest BCUT2D eigenvalue weighted by atomic mass is 16.6. The molecule has 122 valence electrons. The lowest BCUT2D eigenvalue weighted by Crippen LogP contribution is -2.44. The van der Waals surface area contributed by atoms with Crippen molar-refractivity contribution in [3.8, 4) is 0 Å². The molecule has 0 aromatic heterocycles. The molecule has 0 aliphatic rings. The van der Waals surface area contributed by atoms with Gasteiger partial charge < -0.3 is 31.8 Å². The van der Waals surface area contributed by atoms with Crippen LogP contribution >= 0.6 is 0 Å². The van der Waals surface area contributed by atoms with E-state index in [0.717, 1.165) is 0 Å². The third kappa shape index (κ3) is 7.71. The van der Waals surface area contributed by atoms with Crippen LogP contribution in [0.25, 0.3) is 0 Å². The van der Waals surface area contributed by atoms with E-state index in [1.807, 2.05) is 13.8 Å². The van der Waals surface area contributed by atoms with Gasteiger partial charge in [-0.1, -0.05) is 13.8 Å². The Hall–Kier alpha value is -1.55. The van der Waals surface area contributed by atoms with E-state index in [2.05, 4.69) is 4.74 Å². The van der Waals surface area contributed by atoms with Crippen LogP contribution in [0.3, 0.4) is 0 Å². The summed E-state index contributed by atoms with van der Waals surface area (Å²) in [6.45, 7) is 2.66. The normalized spacial score (nSPS) is 15.2. The molecule has 0 bridgehead atoms. The van der Waals surface area contributed by atoms with Crippen LogP contribution in [0.2, 0.25) is 0 Å². The predicted molar refractivity (Wildman–Crippen MR) is 72.5 cm³/mol. The number of hydrogen-bond acceptors (Lipinski definition) is 9. The second kappa shape index (κ2) is 9.40. The zero-order chi connectivity index (χ0) is 16.6. The zero-order valence-electron chi connectivity index (χ0n) is 12.2. The second-order valence-electron chi connectivity index (χ2n) is 5.00. The average molecular weight is 305 g/mol. The summed E-state index contributed by atoms with van der Waals surface area (Å²) < 4.78 is 9.09. The fraction of sp³-hybridized carbons (Fsp3) is 0.750. The van der Waals surface area contributed by atoms with Crippen molar-refractivity contribution in [1.82, 2.24) is 0 Å². The Kier molecular flexibility index (Phi) is 8.70. The molecule has 0 amide bonds. The molecular formula is C12H23N3O6. The smallest absolute Gasteiger partial charge is 0.334 e. The first-order valence-corrected chi connectivity index (χ1v) is 6.48. The number of nitrogens with two attached hydrogens (primary N) is 3. The molecule has 0 unspecified atom stereocenters. The molecular weight excluding hydrogens is 282 g/mol. The van der Waals surface area contributed by atoms with E-state index in [1.54, 1.807) is 0 Å². The van der Waals surface area contributed by atoms with Gasteiger partial charge in [0.1, 0.15) is 24.7 Å². The molecule has 0 aromatic carbocycles. The van der Waals surface area contributed by atoms with Crippen molar-refractivity contribution in [3.63, 3.8) is 0 Å². The van der Waals surface area contributed by atoms with Crippen molar-refractivity contribution in [2.24, 2.45) is 23.1 Å². The van der Waals surface area contributed by atoms with Crippen LogP contribution in [-0.2, 0) is 23.9 Å².